The number of anilines is 2. The molecule has 5 heterocycles. The van der Waals surface area contributed by atoms with Crippen LogP contribution >= 0.6 is 0 Å². The number of carbonyl (C=O) groups is 1. The van der Waals surface area contributed by atoms with E-state index in [9.17, 15) is 14.4 Å². The topological polar surface area (TPSA) is 120 Å². The summed E-state index contributed by atoms with van der Waals surface area (Å²) in [6, 6.07) is 12.0. The molecule has 4 aromatic rings. The summed E-state index contributed by atoms with van der Waals surface area (Å²) in [5.74, 6) is 0.392. The number of aryl methyl sites for hydroxylation is 1. The van der Waals surface area contributed by atoms with Gasteiger partial charge in [0.25, 0.3) is 0 Å². The number of nitriles is 1. The fourth-order valence-electron chi connectivity index (χ4n) is 7.20. The first kappa shape index (κ1) is 31.5. The quantitative estimate of drug-likeness (QED) is 0.261. The molecule has 3 aliphatic rings. The Bertz CT molecular complexity index is 1870. The molecule has 1 amide bonds. The molecule has 0 aliphatic carbocycles. The van der Waals surface area contributed by atoms with Crippen molar-refractivity contribution in [2.24, 2.45) is 0 Å². The van der Waals surface area contributed by atoms with Gasteiger partial charge in [-0.25, -0.2) is 14.1 Å². The van der Waals surface area contributed by atoms with Gasteiger partial charge < -0.3 is 24.3 Å². The Morgan fingerprint density at radius 3 is 2.81 bits per heavy atom. The molecule has 2 aromatic carbocycles. The third kappa shape index (κ3) is 6.27. The van der Waals surface area contributed by atoms with Gasteiger partial charge in [0.05, 0.1) is 30.8 Å². The molecule has 0 spiro atoms. The maximum absolute atomic E-state index is 14.7. The summed E-state index contributed by atoms with van der Waals surface area (Å²) in [6.07, 6.45) is 9.02. The standard InChI is InChI=1S/C35H39FN10O2/c1-24-29(36)9-8-25-5-3-7-31(33(24)25)43-15-11-28-30(20-43)40-35(48-21-27-6-4-14-42(27)2)41-34(28)44-17-18-46(26(19-44)10-13-37)32(47)12-16-45-23-38-22-39-45/h3,5,7-9,12,16,22-23,26-27H,4,6,10-11,14-15,17-21H2,1-2H3/b16-12+/t26-,27-/m0/s1. The van der Waals surface area contributed by atoms with Crippen molar-refractivity contribution < 1.29 is 13.9 Å². The molecule has 48 heavy (non-hydrogen) atoms. The molecule has 2 aromatic heterocycles. The van der Waals surface area contributed by atoms with Crippen LogP contribution in [0.25, 0.3) is 17.0 Å². The lowest BCUT2D eigenvalue weighted by Gasteiger charge is -2.42. The first-order chi connectivity index (χ1) is 23.4. The molecular weight excluding hydrogens is 611 g/mol. The lowest BCUT2D eigenvalue weighted by atomic mass is 9.99. The molecule has 3 aliphatic heterocycles. The predicted molar refractivity (Wildman–Crippen MR) is 180 cm³/mol. The molecular formula is C35H39FN10O2. The van der Waals surface area contributed by atoms with E-state index in [1.165, 1.54) is 29.5 Å². The third-order valence-corrected chi connectivity index (χ3v) is 9.86. The second-order valence-corrected chi connectivity index (χ2v) is 12.7. The van der Waals surface area contributed by atoms with Crippen LogP contribution in [0.15, 0.2) is 49.1 Å². The number of aromatic nitrogens is 5. The van der Waals surface area contributed by atoms with Crippen LogP contribution in [0.3, 0.4) is 0 Å². The average molecular weight is 651 g/mol. The van der Waals surface area contributed by atoms with Crippen LogP contribution in [0.4, 0.5) is 15.9 Å². The Kier molecular flexibility index (Phi) is 8.90. The molecule has 0 N–H and O–H groups in total. The van der Waals surface area contributed by atoms with Crippen LogP contribution in [0.5, 0.6) is 6.01 Å². The number of rotatable bonds is 8. The van der Waals surface area contributed by atoms with Gasteiger partial charge in [-0.2, -0.15) is 20.3 Å². The van der Waals surface area contributed by atoms with E-state index in [-0.39, 0.29) is 24.2 Å². The summed E-state index contributed by atoms with van der Waals surface area (Å²) in [4.78, 5) is 35.6. The van der Waals surface area contributed by atoms with E-state index in [1.807, 2.05) is 25.1 Å². The van der Waals surface area contributed by atoms with Crippen LogP contribution in [0.1, 0.15) is 36.1 Å². The number of hydrogen-bond donors (Lipinski definition) is 0. The number of benzene rings is 2. The van der Waals surface area contributed by atoms with E-state index in [0.29, 0.717) is 63.4 Å². The van der Waals surface area contributed by atoms with Crippen LogP contribution in [-0.4, -0.2) is 98.9 Å². The lowest BCUT2D eigenvalue weighted by molar-refractivity contribution is -0.128. The number of hydrogen-bond acceptors (Lipinski definition) is 10. The molecule has 13 heteroatoms. The van der Waals surface area contributed by atoms with E-state index < -0.39 is 0 Å². The predicted octanol–water partition coefficient (Wildman–Crippen LogP) is 3.81. The largest absolute Gasteiger partial charge is 0.462 e. The minimum absolute atomic E-state index is 0.183. The number of likely N-dealkylation sites (N-methyl/N-ethyl adjacent to an activating group) is 1. The highest BCUT2D eigenvalue weighted by molar-refractivity contribution is 5.97. The fraction of sp³-hybridized carbons (Fsp3) is 0.429. The Labute approximate surface area is 279 Å². The van der Waals surface area contributed by atoms with Crippen molar-refractivity contribution in [2.75, 3.05) is 56.2 Å². The van der Waals surface area contributed by atoms with Crippen LogP contribution in [0, 0.1) is 24.1 Å². The number of ether oxygens (including phenoxy) is 1. The highest BCUT2D eigenvalue weighted by Gasteiger charge is 2.34. The van der Waals surface area contributed by atoms with Crippen molar-refractivity contribution in [1.82, 2.24) is 34.5 Å². The van der Waals surface area contributed by atoms with Gasteiger partial charge in [-0.05, 0) is 62.9 Å². The maximum atomic E-state index is 14.7. The second-order valence-electron chi connectivity index (χ2n) is 12.7. The second kappa shape index (κ2) is 13.6. The average Bonchev–Trinajstić information content (AvgIpc) is 3.78. The van der Waals surface area contributed by atoms with Gasteiger partial charge in [0.2, 0.25) is 5.91 Å². The van der Waals surface area contributed by atoms with E-state index in [1.54, 1.807) is 11.1 Å². The van der Waals surface area contributed by atoms with Gasteiger partial charge in [-0.15, -0.1) is 0 Å². The normalized spacial score (nSPS) is 20.0. The van der Waals surface area contributed by atoms with Crippen molar-refractivity contribution in [2.45, 2.75) is 51.2 Å². The zero-order chi connectivity index (χ0) is 33.2. The zero-order valence-electron chi connectivity index (χ0n) is 27.3. The van der Waals surface area contributed by atoms with Crippen molar-refractivity contribution in [3.63, 3.8) is 0 Å². The Morgan fingerprint density at radius 1 is 1.12 bits per heavy atom. The van der Waals surface area contributed by atoms with E-state index in [2.05, 4.69) is 44.0 Å². The molecule has 0 radical (unpaired) electrons. The minimum Gasteiger partial charge on any atom is -0.462 e. The molecule has 2 saturated heterocycles. The van der Waals surface area contributed by atoms with Gasteiger partial charge in [0.1, 0.15) is 30.9 Å². The van der Waals surface area contributed by atoms with Gasteiger partial charge >= 0.3 is 6.01 Å². The lowest BCUT2D eigenvalue weighted by Crippen LogP contribution is -2.55. The first-order valence-corrected chi connectivity index (χ1v) is 16.5. The van der Waals surface area contributed by atoms with Gasteiger partial charge in [-0.3, -0.25) is 4.79 Å². The molecule has 2 atom stereocenters. The van der Waals surface area contributed by atoms with Gasteiger partial charge in [0.15, 0.2) is 0 Å². The summed E-state index contributed by atoms with van der Waals surface area (Å²) >= 11 is 0. The van der Waals surface area contributed by atoms with Crippen molar-refractivity contribution in [1.29, 1.82) is 5.26 Å². The number of carbonyl (C=O) groups excluding carboxylic acids is 1. The fourth-order valence-corrected chi connectivity index (χ4v) is 7.20. The Hall–Kier alpha value is -5.09. The molecule has 0 saturated carbocycles. The summed E-state index contributed by atoms with van der Waals surface area (Å²) in [6.45, 7) is 6.03. The monoisotopic (exact) mass is 650 g/mol. The highest BCUT2D eigenvalue weighted by atomic mass is 19.1. The van der Waals surface area contributed by atoms with Gasteiger partial charge in [0, 0.05) is 61.1 Å². The van der Waals surface area contributed by atoms with Gasteiger partial charge in [-0.1, -0.05) is 18.2 Å². The summed E-state index contributed by atoms with van der Waals surface area (Å²) in [5.41, 5.74) is 3.53. The van der Waals surface area contributed by atoms with Crippen LogP contribution in [0.2, 0.25) is 0 Å². The van der Waals surface area contributed by atoms with Crippen molar-refractivity contribution in [3.05, 3.63) is 71.7 Å². The Morgan fingerprint density at radius 2 is 2.02 bits per heavy atom. The number of likely N-dealkylation sites (tertiary alicyclic amines) is 1. The summed E-state index contributed by atoms with van der Waals surface area (Å²) in [7, 11) is 2.12. The van der Waals surface area contributed by atoms with Crippen LogP contribution < -0.4 is 14.5 Å². The highest BCUT2D eigenvalue weighted by Crippen LogP contribution is 2.36. The zero-order valence-corrected chi connectivity index (χ0v) is 27.3. The maximum Gasteiger partial charge on any atom is 0.318 e. The smallest absolute Gasteiger partial charge is 0.318 e. The number of piperazine rings is 1. The number of nitrogens with zero attached hydrogens (tertiary/aromatic N) is 10. The first-order valence-electron chi connectivity index (χ1n) is 16.5. The minimum atomic E-state index is -0.326. The van der Waals surface area contributed by atoms with Crippen molar-refractivity contribution >= 4 is 34.4 Å². The van der Waals surface area contributed by atoms with Crippen LogP contribution in [-0.2, 0) is 17.8 Å². The SMILES string of the molecule is Cc1c(F)ccc2cccc(N3CCc4c(nc(OC[C@@H]5CCCN5C)nc4N4CCN(C(=O)/C=C/n5cncn5)[C@@H](CC#N)C4)C3)c12. The number of halogens is 1. The Balaban J connectivity index is 1.19. The molecule has 0 unspecified atom stereocenters. The molecule has 7 rings (SSSR count). The van der Waals surface area contributed by atoms with E-state index in [0.717, 1.165) is 52.9 Å². The van der Waals surface area contributed by atoms with E-state index >= 15 is 0 Å². The molecule has 2 fully saturated rings. The summed E-state index contributed by atoms with van der Waals surface area (Å²) in [5, 5.41) is 15.6. The number of fused-ring (bicyclic) bond motifs is 2. The molecule has 0 bridgehead atoms. The third-order valence-electron chi connectivity index (χ3n) is 9.86. The molecule has 248 valence electrons. The summed E-state index contributed by atoms with van der Waals surface area (Å²) < 4.78 is 22.5. The van der Waals surface area contributed by atoms with E-state index in [4.69, 9.17) is 14.7 Å². The molecule has 12 nitrogen and oxygen atoms in total. The van der Waals surface area contributed by atoms with Crippen molar-refractivity contribution in [3.8, 4) is 12.1 Å². The number of amides is 1.